The molecule has 4 nitrogen and oxygen atoms in total. The standard InChI is InChI=1S/C16H18N2O2S/c1-16(19,14-5-6-21-10-14)11-18-9-12-3-4-15(20-2)13(7-12)8-17/h3-7,10,18-19H,9,11H2,1-2H3. The van der Waals surface area contributed by atoms with Gasteiger partial charge in [0.05, 0.1) is 18.3 Å². The molecular weight excluding hydrogens is 284 g/mol. The number of ether oxygens (including phenoxy) is 1. The smallest absolute Gasteiger partial charge is 0.136 e. The van der Waals surface area contributed by atoms with Crippen LogP contribution in [0.4, 0.5) is 0 Å². The molecule has 5 heteroatoms. The van der Waals surface area contributed by atoms with Crippen molar-refractivity contribution in [2.75, 3.05) is 13.7 Å². The highest BCUT2D eigenvalue weighted by Gasteiger charge is 2.22. The zero-order valence-electron chi connectivity index (χ0n) is 12.1. The first-order chi connectivity index (χ1) is 10.1. The lowest BCUT2D eigenvalue weighted by Crippen LogP contribution is -2.34. The molecule has 0 saturated heterocycles. The minimum absolute atomic E-state index is 0.442. The summed E-state index contributed by atoms with van der Waals surface area (Å²) in [5, 5.41) is 26.6. The highest BCUT2D eigenvalue weighted by atomic mass is 32.1. The van der Waals surface area contributed by atoms with Gasteiger partial charge in [-0.25, -0.2) is 0 Å². The van der Waals surface area contributed by atoms with Crippen LogP contribution >= 0.6 is 11.3 Å². The fraction of sp³-hybridized carbons (Fsp3) is 0.312. The van der Waals surface area contributed by atoms with Crippen LogP contribution in [0.3, 0.4) is 0 Å². The first kappa shape index (κ1) is 15.5. The van der Waals surface area contributed by atoms with Gasteiger partial charge in [0.15, 0.2) is 0 Å². The molecule has 0 bridgehead atoms. The number of rotatable bonds is 6. The second-order valence-corrected chi connectivity index (χ2v) is 5.82. The summed E-state index contributed by atoms with van der Waals surface area (Å²) >= 11 is 1.57. The molecule has 0 amide bonds. The largest absolute Gasteiger partial charge is 0.495 e. The van der Waals surface area contributed by atoms with E-state index in [1.165, 1.54) is 0 Å². The van der Waals surface area contributed by atoms with Crippen LogP contribution in [0.25, 0.3) is 0 Å². The first-order valence-electron chi connectivity index (χ1n) is 6.59. The number of hydrogen-bond donors (Lipinski definition) is 2. The van der Waals surface area contributed by atoms with E-state index >= 15 is 0 Å². The summed E-state index contributed by atoms with van der Waals surface area (Å²) in [4.78, 5) is 0. The van der Waals surface area contributed by atoms with E-state index in [2.05, 4.69) is 11.4 Å². The van der Waals surface area contributed by atoms with Crippen LogP contribution in [0.1, 0.15) is 23.6 Å². The van der Waals surface area contributed by atoms with Crippen molar-refractivity contribution in [2.24, 2.45) is 0 Å². The third-order valence-corrected chi connectivity index (χ3v) is 4.01. The molecule has 0 spiro atoms. The number of benzene rings is 1. The van der Waals surface area contributed by atoms with Gasteiger partial charge in [0.2, 0.25) is 0 Å². The molecule has 0 aliphatic carbocycles. The maximum absolute atomic E-state index is 10.4. The summed E-state index contributed by atoms with van der Waals surface area (Å²) in [6.45, 7) is 2.81. The van der Waals surface area contributed by atoms with Crippen molar-refractivity contribution < 1.29 is 9.84 Å². The Morgan fingerprint density at radius 2 is 2.24 bits per heavy atom. The lowest BCUT2D eigenvalue weighted by molar-refractivity contribution is 0.0571. The predicted molar refractivity (Wildman–Crippen MR) is 83.3 cm³/mol. The van der Waals surface area contributed by atoms with Crippen LogP contribution < -0.4 is 10.1 Å². The summed E-state index contributed by atoms with van der Waals surface area (Å²) in [6.07, 6.45) is 0. The molecular formula is C16H18N2O2S. The zero-order chi connectivity index (χ0) is 15.3. The topological polar surface area (TPSA) is 65.3 Å². The SMILES string of the molecule is COc1ccc(CNCC(C)(O)c2ccsc2)cc1C#N. The quantitative estimate of drug-likeness (QED) is 0.861. The molecule has 1 aromatic carbocycles. The number of nitriles is 1. The van der Waals surface area contributed by atoms with Gasteiger partial charge in [-0.05, 0) is 47.0 Å². The highest BCUT2D eigenvalue weighted by molar-refractivity contribution is 7.08. The van der Waals surface area contributed by atoms with Crippen molar-refractivity contribution in [3.05, 3.63) is 51.7 Å². The maximum Gasteiger partial charge on any atom is 0.136 e. The van der Waals surface area contributed by atoms with Gasteiger partial charge in [-0.15, -0.1) is 0 Å². The van der Waals surface area contributed by atoms with Gasteiger partial charge in [0.1, 0.15) is 11.8 Å². The average molecular weight is 302 g/mol. The number of methoxy groups -OCH3 is 1. The van der Waals surface area contributed by atoms with Crippen molar-refractivity contribution in [3.8, 4) is 11.8 Å². The summed E-state index contributed by atoms with van der Waals surface area (Å²) in [7, 11) is 1.55. The zero-order valence-corrected chi connectivity index (χ0v) is 12.9. The molecule has 0 aliphatic rings. The third-order valence-electron chi connectivity index (χ3n) is 3.33. The van der Waals surface area contributed by atoms with Crippen LogP contribution in [0.2, 0.25) is 0 Å². The molecule has 2 rings (SSSR count). The predicted octanol–water partition coefficient (Wildman–Crippen LogP) is 2.63. The Morgan fingerprint density at radius 1 is 1.43 bits per heavy atom. The molecule has 1 atom stereocenters. The minimum Gasteiger partial charge on any atom is -0.495 e. The summed E-state index contributed by atoms with van der Waals surface area (Å²) in [5.74, 6) is 0.575. The van der Waals surface area contributed by atoms with Gasteiger partial charge in [0, 0.05) is 13.1 Å². The number of hydrogen-bond acceptors (Lipinski definition) is 5. The first-order valence-corrected chi connectivity index (χ1v) is 7.54. The van der Waals surface area contributed by atoms with Crippen molar-refractivity contribution in [2.45, 2.75) is 19.1 Å². The number of nitrogens with one attached hydrogen (secondary N) is 1. The van der Waals surface area contributed by atoms with Gasteiger partial charge in [0.25, 0.3) is 0 Å². The molecule has 0 aliphatic heterocycles. The minimum atomic E-state index is -0.898. The Balaban J connectivity index is 1.96. The van der Waals surface area contributed by atoms with E-state index in [-0.39, 0.29) is 0 Å². The molecule has 1 heterocycles. The Hall–Kier alpha value is -1.87. The van der Waals surface area contributed by atoms with Gasteiger partial charge in [-0.2, -0.15) is 16.6 Å². The fourth-order valence-electron chi connectivity index (χ4n) is 2.08. The summed E-state index contributed by atoms with van der Waals surface area (Å²) in [6, 6.07) is 9.53. The van der Waals surface area contributed by atoms with E-state index in [0.29, 0.717) is 24.4 Å². The van der Waals surface area contributed by atoms with Crippen LogP contribution in [-0.2, 0) is 12.1 Å². The molecule has 0 radical (unpaired) electrons. The van der Waals surface area contributed by atoms with Gasteiger partial charge in [-0.1, -0.05) is 6.07 Å². The Bertz CT molecular complexity index is 630. The molecule has 0 saturated carbocycles. The van der Waals surface area contributed by atoms with E-state index in [9.17, 15) is 5.11 Å². The fourth-order valence-corrected chi connectivity index (χ4v) is 2.86. The van der Waals surface area contributed by atoms with E-state index in [0.717, 1.165) is 11.1 Å². The number of aliphatic hydroxyl groups is 1. The Morgan fingerprint density at radius 3 is 2.86 bits per heavy atom. The molecule has 2 aromatic rings. The van der Waals surface area contributed by atoms with Crippen LogP contribution in [0, 0.1) is 11.3 Å². The molecule has 2 N–H and O–H groups in total. The van der Waals surface area contributed by atoms with Crippen molar-refractivity contribution in [3.63, 3.8) is 0 Å². The third kappa shape index (κ3) is 3.82. The molecule has 0 fully saturated rings. The molecule has 21 heavy (non-hydrogen) atoms. The molecule has 1 aromatic heterocycles. The van der Waals surface area contributed by atoms with Crippen LogP contribution in [0.5, 0.6) is 5.75 Å². The molecule has 110 valence electrons. The van der Waals surface area contributed by atoms with Crippen LogP contribution in [0.15, 0.2) is 35.0 Å². The maximum atomic E-state index is 10.4. The Kier molecular flexibility index (Phi) is 4.97. The van der Waals surface area contributed by atoms with E-state index in [4.69, 9.17) is 10.00 Å². The van der Waals surface area contributed by atoms with Crippen molar-refractivity contribution >= 4 is 11.3 Å². The summed E-state index contributed by atoms with van der Waals surface area (Å²) in [5.41, 5.74) is 1.51. The lowest BCUT2D eigenvalue weighted by Gasteiger charge is -2.23. The normalized spacial score (nSPS) is 13.4. The number of nitrogens with zero attached hydrogens (tertiary/aromatic N) is 1. The van der Waals surface area contributed by atoms with E-state index in [1.807, 2.05) is 22.9 Å². The summed E-state index contributed by atoms with van der Waals surface area (Å²) < 4.78 is 5.12. The Labute approximate surface area is 128 Å². The van der Waals surface area contributed by atoms with Crippen molar-refractivity contribution in [1.29, 1.82) is 5.26 Å². The van der Waals surface area contributed by atoms with Gasteiger partial charge in [-0.3, -0.25) is 0 Å². The second-order valence-electron chi connectivity index (χ2n) is 5.04. The van der Waals surface area contributed by atoms with Crippen molar-refractivity contribution in [1.82, 2.24) is 5.32 Å². The average Bonchev–Trinajstić information content (AvgIpc) is 3.02. The van der Waals surface area contributed by atoms with E-state index < -0.39 is 5.60 Å². The highest BCUT2D eigenvalue weighted by Crippen LogP contribution is 2.22. The van der Waals surface area contributed by atoms with E-state index in [1.54, 1.807) is 37.5 Å². The second kappa shape index (κ2) is 6.72. The van der Waals surface area contributed by atoms with Gasteiger partial charge >= 0.3 is 0 Å². The monoisotopic (exact) mass is 302 g/mol. The van der Waals surface area contributed by atoms with Crippen LogP contribution in [-0.4, -0.2) is 18.8 Å². The lowest BCUT2D eigenvalue weighted by atomic mass is 9.99. The number of thiophene rings is 1. The van der Waals surface area contributed by atoms with Gasteiger partial charge < -0.3 is 15.2 Å². The molecule has 1 unspecified atom stereocenters.